The number of nitro groups is 1. The quantitative estimate of drug-likeness (QED) is 0.620. The Kier molecular flexibility index (Phi) is 6.12. The molecule has 0 radical (unpaired) electrons. The summed E-state index contributed by atoms with van der Waals surface area (Å²) < 4.78 is 5.38. The van der Waals surface area contributed by atoms with Crippen LogP contribution in [0.25, 0.3) is 0 Å². The summed E-state index contributed by atoms with van der Waals surface area (Å²) in [5.74, 6) is -0.585. The molecule has 8 nitrogen and oxygen atoms in total. The zero-order valence-electron chi connectivity index (χ0n) is 15.3. The normalized spacial score (nSPS) is 10.8. The Morgan fingerprint density at radius 1 is 1.00 bits per heavy atom. The lowest BCUT2D eigenvalue weighted by Crippen LogP contribution is -2.43. The highest BCUT2D eigenvalue weighted by molar-refractivity contribution is 5.95. The van der Waals surface area contributed by atoms with Gasteiger partial charge in [-0.05, 0) is 35.2 Å². The maximum Gasteiger partial charge on any atom is 0.276 e. The number of rotatable bonds is 5. The van der Waals surface area contributed by atoms with Crippen molar-refractivity contribution < 1.29 is 19.2 Å². The third-order valence-corrected chi connectivity index (χ3v) is 3.75. The van der Waals surface area contributed by atoms with Gasteiger partial charge >= 0.3 is 0 Å². The first-order valence-corrected chi connectivity index (χ1v) is 8.24. The first kappa shape index (κ1) is 19.9. The van der Waals surface area contributed by atoms with Gasteiger partial charge in [-0.1, -0.05) is 32.9 Å². The van der Waals surface area contributed by atoms with Gasteiger partial charge in [0.05, 0.1) is 4.92 Å². The van der Waals surface area contributed by atoms with Crippen LogP contribution in [0.4, 0.5) is 5.69 Å². The highest BCUT2D eigenvalue weighted by Crippen LogP contribution is 2.24. The molecule has 142 valence electrons. The third-order valence-electron chi connectivity index (χ3n) is 3.75. The lowest BCUT2D eigenvalue weighted by molar-refractivity contribution is -0.384. The predicted molar refractivity (Wildman–Crippen MR) is 99.3 cm³/mol. The summed E-state index contributed by atoms with van der Waals surface area (Å²) in [6.07, 6.45) is 0. The van der Waals surface area contributed by atoms with Crippen LogP contribution in [-0.4, -0.2) is 23.3 Å². The number of nitro benzene ring substituents is 1. The minimum atomic E-state index is -0.590. The Morgan fingerprint density at radius 3 is 2.11 bits per heavy atom. The number of hydrazine groups is 1. The summed E-state index contributed by atoms with van der Waals surface area (Å²) in [6.45, 7) is 6.03. The molecule has 0 spiro atoms. The van der Waals surface area contributed by atoms with Crippen molar-refractivity contribution in [1.82, 2.24) is 10.9 Å². The van der Waals surface area contributed by atoms with Crippen molar-refractivity contribution in [3.8, 4) is 5.75 Å². The lowest BCUT2D eigenvalue weighted by Gasteiger charge is -2.19. The Balaban J connectivity index is 1.80. The fourth-order valence-electron chi connectivity index (χ4n) is 2.17. The number of benzene rings is 2. The van der Waals surface area contributed by atoms with Crippen molar-refractivity contribution >= 4 is 17.5 Å². The average Bonchev–Trinajstić information content (AvgIpc) is 2.64. The third kappa shape index (κ3) is 5.81. The van der Waals surface area contributed by atoms with Gasteiger partial charge in [0.25, 0.3) is 17.5 Å². The zero-order chi connectivity index (χ0) is 20.0. The van der Waals surface area contributed by atoms with E-state index in [9.17, 15) is 19.7 Å². The summed E-state index contributed by atoms with van der Waals surface area (Å²) in [4.78, 5) is 33.7. The molecule has 2 rings (SSSR count). The van der Waals surface area contributed by atoms with Gasteiger partial charge in [0.2, 0.25) is 0 Å². The van der Waals surface area contributed by atoms with E-state index in [-0.39, 0.29) is 23.3 Å². The highest BCUT2D eigenvalue weighted by Gasteiger charge is 2.14. The van der Waals surface area contributed by atoms with Crippen molar-refractivity contribution in [3.05, 3.63) is 69.8 Å². The molecule has 0 aliphatic rings. The zero-order valence-corrected chi connectivity index (χ0v) is 15.3. The van der Waals surface area contributed by atoms with E-state index in [0.29, 0.717) is 5.75 Å². The number of nitrogens with zero attached hydrogens (tertiary/aromatic N) is 1. The Bertz CT molecular complexity index is 824. The minimum Gasteiger partial charge on any atom is -0.484 e. The number of nitrogens with one attached hydrogen (secondary N) is 2. The van der Waals surface area contributed by atoms with E-state index in [2.05, 4.69) is 31.6 Å². The molecule has 0 aromatic heterocycles. The van der Waals surface area contributed by atoms with Crippen LogP contribution in [-0.2, 0) is 10.2 Å². The van der Waals surface area contributed by atoms with Gasteiger partial charge in [0.1, 0.15) is 5.75 Å². The number of ether oxygens (including phenoxy) is 1. The molecule has 0 atom stereocenters. The number of hydrogen-bond acceptors (Lipinski definition) is 5. The van der Waals surface area contributed by atoms with E-state index in [1.807, 2.05) is 12.1 Å². The largest absolute Gasteiger partial charge is 0.484 e. The van der Waals surface area contributed by atoms with E-state index in [0.717, 1.165) is 5.56 Å². The molecule has 2 N–H and O–H groups in total. The van der Waals surface area contributed by atoms with E-state index in [1.54, 1.807) is 12.1 Å². The molecular formula is C19H21N3O5. The maximum absolute atomic E-state index is 11.9. The molecule has 0 aliphatic heterocycles. The van der Waals surface area contributed by atoms with Gasteiger partial charge in [-0.15, -0.1) is 0 Å². The molecular weight excluding hydrogens is 350 g/mol. The summed E-state index contributed by atoms with van der Waals surface area (Å²) in [5.41, 5.74) is 5.68. The van der Waals surface area contributed by atoms with Gasteiger partial charge in [0, 0.05) is 17.7 Å². The van der Waals surface area contributed by atoms with Crippen LogP contribution in [0.5, 0.6) is 5.75 Å². The van der Waals surface area contributed by atoms with Gasteiger partial charge in [-0.3, -0.25) is 30.6 Å². The fourth-order valence-corrected chi connectivity index (χ4v) is 2.17. The molecule has 0 bridgehead atoms. The maximum atomic E-state index is 11.9. The highest BCUT2D eigenvalue weighted by atomic mass is 16.6. The first-order chi connectivity index (χ1) is 12.7. The van der Waals surface area contributed by atoms with Crippen molar-refractivity contribution in [3.63, 3.8) is 0 Å². The van der Waals surface area contributed by atoms with E-state index < -0.39 is 16.7 Å². The van der Waals surface area contributed by atoms with E-state index in [4.69, 9.17) is 4.74 Å². The summed E-state index contributed by atoms with van der Waals surface area (Å²) in [5, 5.41) is 10.6. The summed E-state index contributed by atoms with van der Waals surface area (Å²) in [7, 11) is 0. The van der Waals surface area contributed by atoms with Crippen LogP contribution in [0.15, 0.2) is 48.5 Å². The number of carbonyl (C=O) groups excluding carboxylic acids is 2. The molecule has 0 aliphatic carbocycles. The molecule has 27 heavy (non-hydrogen) atoms. The molecule has 2 aromatic rings. The van der Waals surface area contributed by atoms with Crippen molar-refractivity contribution in [2.45, 2.75) is 26.2 Å². The fraction of sp³-hybridized carbons (Fsp3) is 0.263. The molecule has 2 aromatic carbocycles. The molecule has 0 saturated carbocycles. The van der Waals surface area contributed by atoms with Crippen LogP contribution in [0.2, 0.25) is 0 Å². The van der Waals surface area contributed by atoms with Crippen LogP contribution in [0.3, 0.4) is 0 Å². The van der Waals surface area contributed by atoms with E-state index >= 15 is 0 Å². The second-order valence-corrected chi connectivity index (χ2v) is 6.87. The smallest absolute Gasteiger partial charge is 0.276 e. The lowest BCUT2D eigenvalue weighted by atomic mass is 9.87. The predicted octanol–water partition coefficient (Wildman–Crippen LogP) is 2.73. The van der Waals surface area contributed by atoms with Gasteiger partial charge in [0.15, 0.2) is 6.61 Å². The molecule has 0 fully saturated rings. The van der Waals surface area contributed by atoms with Crippen LogP contribution in [0.1, 0.15) is 36.7 Å². The summed E-state index contributed by atoms with van der Waals surface area (Å²) >= 11 is 0. The minimum absolute atomic E-state index is 0.0258. The molecule has 0 heterocycles. The van der Waals surface area contributed by atoms with Crippen LogP contribution < -0.4 is 15.6 Å². The SMILES string of the molecule is CC(C)(C)c1ccc(OCC(=O)NNC(=O)c2ccc([N+](=O)[O-])cc2)cc1. The Morgan fingerprint density at radius 2 is 1.59 bits per heavy atom. The number of amides is 2. The number of carbonyl (C=O) groups is 2. The second-order valence-electron chi connectivity index (χ2n) is 6.87. The first-order valence-electron chi connectivity index (χ1n) is 8.24. The average molecular weight is 371 g/mol. The van der Waals surface area contributed by atoms with Gasteiger partial charge in [-0.25, -0.2) is 0 Å². The molecule has 0 saturated heterocycles. The topological polar surface area (TPSA) is 111 Å². The number of non-ortho nitro benzene ring substituents is 1. The van der Waals surface area contributed by atoms with Gasteiger partial charge < -0.3 is 4.74 Å². The molecule has 2 amide bonds. The Hall–Kier alpha value is -3.42. The monoisotopic (exact) mass is 371 g/mol. The standard InChI is InChI=1S/C19H21N3O5/c1-19(2,3)14-6-10-16(11-7-14)27-12-17(23)20-21-18(24)13-4-8-15(9-5-13)22(25)26/h4-11H,12H2,1-3H3,(H,20,23)(H,21,24). The molecule has 8 heteroatoms. The van der Waals surface area contributed by atoms with Gasteiger partial charge in [-0.2, -0.15) is 0 Å². The second kappa shape index (κ2) is 8.31. The van der Waals surface area contributed by atoms with Crippen molar-refractivity contribution in [1.29, 1.82) is 0 Å². The summed E-state index contributed by atoms with van der Waals surface area (Å²) in [6, 6.07) is 12.4. The van der Waals surface area contributed by atoms with Crippen LogP contribution >= 0.6 is 0 Å². The van der Waals surface area contributed by atoms with Crippen molar-refractivity contribution in [2.24, 2.45) is 0 Å². The molecule has 0 unspecified atom stereocenters. The van der Waals surface area contributed by atoms with Crippen molar-refractivity contribution in [2.75, 3.05) is 6.61 Å². The Labute approximate surface area is 156 Å². The number of hydrogen-bond donors (Lipinski definition) is 2. The van der Waals surface area contributed by atoms with E-state index in [1.165, 1.54) is 24.3 Å². The van der Waals surface area contributed by atoms with Crippen LogP contribution in [0, 0.1) is 10.1 Å².